The molecule has 134 valence electrons. The highest BCUT2D eigenvalue weighted by Crippen LogP contribution is 2.34. The molecule has 5 nitrogen and oxygen atoms in total. The molecule has 2 aromatic carbocycles. The average Bonchev–Trinajstić information content (AvgIpc) is 3.15. The van der Waals surface area contributed by atoms with Gasteiger partial charge >= 0.3 is 0 Å². The highest BCUT2D eigenvalue weighted by Gasteiger charge is 2.24. The molecule has 26 heavy (non-hydrogen) atoms. The highest BCUT2D eigenvalue weighted by molar-refractivity contribution is 5.40. The molecule has 0 fully saturated rings. The number of benzene rings is 2. The first-order valence-corrected chi connectivity index (χ1v) is 9.24. The molecule has 0 saturated carbocycles. The number of para-hydroxylation sites is 1. The number of nitrogens with zero attached hydrogens (tertiary/aromatic N) is 4. The van der Waals surface area contributed by atoms with Crippen LogP contribution in [0.15, 0.2) is 54.7 Å². The van der Waals surface area contributed by atoms with E-state index in [1.807, 2.05) is 35.1 Å². The molecule has 0 saturated heterocycles. The molecule has 1 atom stereocenters. The molecule has 5 heteroatoms. The fraction of sp³-hybridized carbons (Fsp3) is 0.333. The number of rotatable bonds is 5. The number of aromatic nitrogens is 3. The smallest absolute Gasteiger partial charge is 0.0971 e. The zero-order chi connectivity index (χ0) is 17.9. The summed E-state index contributed by atoms with van der Waals surface area (Å²) < 4.78 is 1.83. The van der Waals surface area contributed by atoms with E-state index >= 15 is 0 Å². The predicted octanol–water partition coefficient (Wildman–Crippen LogP) is 3.24. The van der Waals surface area contributed by atoms with Crippen molar-refractivity contribution in [2.75, 3.05) is 7.05 Å². The van der Waals surface area contributed by atoms with E-state index in [1.165, 1.54) is 30.4 Å². The molecule has 1 unspecified atom stereocenters. The van der Waals surface area contributed by atoms with Gasteiger partial charge in [0.1, 0.15) is 0 Å². The van der Waals surface area contributed by atoms with E-state index in [-0.39, 0.29) is 0 Å². The van der Waals surface area contributed by atoms with Gasteiger partial charge in [0.2, 0.25) is 0 Å². The van der Waals surface area contributed by atoms with Crippen molar-refractivity contribution in [1.82, 2.24) is 19.9 Å². The standard InChI is InChI=1S/C21H25N5/c1-25(21-12-6-9-16-7-2-4-10-19(16)21)14-18-15-26(24-23-18)20-11-5-3-8-17(20)13-22/h2-5,7-8,10-11,15,21H,6,9,12-14,22H2,1H3. The van der Waals surface area contributed by atoms with Crippen molar-refractivity contribution in [1.29, 1.82) is 0 Å². The molecule has 1 aromatic heterocycles. The van der Waals surface area contributed by atoms with Crippen molar-refractivity contribution in [2.24, 2.45) is 5.73 Å². The van der Waals surface area contributed by atoms with Gasteiger partial charge in [-0.05, 0) is 49.1 Å². The lowest BCUT2D eigenvalue weighted by Gasteiger charge is -2.32. The number of fused-ring (bicyclic) bond motifs is 1. The lowest BCUT2D eigenvalue weighted by molar-refractivity contribution is 0.211. The largest absolute Gasteiger partial charge is 0.326 e. The molecule has 4 rings (SSSR count). The van der Waals surface area contributed by atoms with Crippen molar-refractivity contribution in [3.05, 3.63) is 77.1 Å². The van der Waals surface area contributed by atoms with Crippen LogP contribution < -0.4 is 5.73 Å². The fourth-order valence-corrected chi connectivity index (χ4v) is 3.95. The van der Waals surface area contributed by atoms with Gasteiger partial charge in [0.25, 0.3) is 0 Å². The van der Waals surface area contributed by atoms with Crippen LogP contribution in [0.1, 0.15) is 41.3 Å². The van der Waals surface area contributed by atoms with E-state index in [4.69, 9.17) is 5.73 Å². The fourth-order valence-electron chi connectivity index (χ4n) is 3.95. The van der Waals surface area contributed by atoms with Gasteiger partial charge in [-0.25, -0.2) is 4.68 Å². The van der Waals surface area contributed by atoms with Crippen LogP contribution in [-0.2, 0) is 19.5 Å². The third-order valence-electron chi connectivity index (χ3n) is 5.28. The minimum Gasteiger partial charge on any atom is -0.326 e. The zero-order valence-corrected chi connectivity index (χ0v) is 15.2. The van der Waals surface area contributed by atoms with E-state index in [2.05, 4.69) is 46.5 Å². The van der Waals surface area contributed by atoms with Gasteiger partial charge in [-0.15, -0.1) is 5.10 Å². The Morgan fingerprint density at radius 1 is 1.15 bits per heavy atom. The summed E-state index contributed by atoms with van der Waals surface area (Å²) in [6.07, 6.45) is 5.63. The minimum absolute atomic E-state index is 0.446. The van der Waals surface area contributed by atoms with Crippen LogP contribution in [0.25, 0.3) is 5.69 Å². The summed E-state index contributed by atoms with van der Waals surface area (Å²) in [5.41, 5.74) is 11.8. The Labute approximate surface area is 154 Å². The summed E-state index contributed by atoms with van der Waals surface area (Å²) in [6, 6.07) is 17.3. The molecule has 0 amide bonds. The van der Waals surface area contributed by atoms with E-state index < -0.39 is 0 Å². The lowest BCUT2D eigenvalue weighted by atomic mass is 9.87. The van der Waals surface area contributed by atoms with Gasteiger partial charge in [-0.2, -0.15) is 0 Å². The maximum absolute atomic E-state index is 5.85. The molecule has 0 spiro atoms. The number of hydrogen-bond donors (Lipinski definition) is 1. The topological polar surface area (TPSA) is 60.0 Å². The van der Waals surface area contributed by atoms with Crippen LogP contribution in [0.4, 0.5) is 0 Å². The van der Waals surface area contributed by atoms with E-state index in [0.717, 1.165) is 23.5 Å². The summed E-state index contributed by atoms with van der Waals surface area (Å²) in [5, 5.41) is 8.71. The Morgan fingerprint density at radius 2 is 1.96 bits per heavy atom. The molecule has 0 bridgehead atoms. The molecular weight excluding hydrogens is 322 g/mol. The Balaban J connectivity index is 1.53. The molecule has 1 aliphatic carbocycles. The Hall–Kier alpha value is -2.50. The SMILES string of the molecule is CN(Cc1cn(-c2ccccc2CN)nn1)C1CCCc2ccccc21. The lowest BCUT2D eigenvalue weighted by Crippen LogP contribution is -2.27. The second kappa shape index (κ2) is 7.40. The van der Waals surface area contributed by atoms with Gasteiger partial charge in [-0.1, -0.05) is 47.7 Å². The van der Waals surface area contributed by atoms with Crippen molar-refractivity contribution in [3.63, 3.8) is 0 Å². The second-order valence-corrected chi connectivity index (χ2v) is 7.01. The van der Waals surface area contributed by atoms with Gasteiger partial charge in [0.15, 0.2) is 0 Å². The van der Waals surface area contributed by atoms with Crippen molar-refractivity contribution >= 4 is 0 Å². The number of hydrogen-bond acceptors (Lipinski definition) is 4. The average molecular weight is 347 g/mol. The number of aryl methyl sites for hydroxylation is 1. The van der Waals surface area contributed by atoms with Gasteiger partial charge in [0, 0.05) is 19.1 Å². The van der Waals surface area contributed by atoms with Crippen molar-refractivity contribution < 1.29 is 0 Å². The molecule has 1 heterocycles. The summed E-state index contributed by atoms with van der Waals surface area (Å²) in [5.74, 6) is 0. The highest BCUT2D eigenvalue weighted by atomic mass is 15.4. The maximum Gasteiger partial charge on any atom is 0.0971 e. The van der Waals surface area contributed by atoms with Crippen LogP contribution in [0, 0.1) is 0 Å². The second-order valence-electron chi connectivity index (χ2n) is 7.01. The first kappa shape index (κ1) is 16.9. The molecule has 1 aliphatic rings. The first-order valence-electron chi connectivity index (χ1n) is 9.24. The van der Waals surface area contributed by atoms with E-state index in [1.54, 1.807) is 0 Å². The van der Waals surface area contributed by atoms with Crippen LogP contribution in [-0.4, -0.2) is 26.9 Å². The van der Waals surface area contributed by atoms with Crippen LogP contribution in [0.3, 0.4) is 0 Å². The van der Waals surface area contributed by atoms with E-state index in [9.17, 15) is 0 Å². The van der Waals surface area contributed by atoms with Crippen LogP contribution in [0.2, 0.25) is 0 Å². The molecule has 0 aliphatic heterocycles. The Bertz CT molecular complexity index is 885. The predicted molar refractivity (Wildman–Crippen MR) is 103 cm³/mol. The summed E-state index contributed by atoms with van der Waals surface area (Å²) in [4.78, 5) is 2.39. The Morgan fingerprint density at radius 3 is 2.85 bits per heavy atom. The molecule has 2 N–H and O–H groups in total. The summed E-state index contributed by atoms with van der Waals surface area (Å²) in [6.45, 7) is 1.27. The van der Waals surface area contributed by atoms with Gasteiger partial charge < -0.3 is 5.73 Å². The minimum atomic E-state index is 0.446. The summed E-state index contributed by atoms with van der Waals surface area (Å²) in [7, 11) is 2.18. The van der Waals surface area contributed by atoms with Gasteiger partial charge in [0.05, 0.1) is 17.6 Å². The third kappa shape index (κ3) is 3.28. The number of nitrogens with two attached hydrogens (primary N) is 1. The Kier molecular flexibility index (Phi) is 4.82. The van der Waals surface area contributed by atoms with Gasteiger partial charge in [-0.3, -0.25) is 4.90 Å². The molecule has 0 radical (unpaired) electrons. The monoisotopic (exact) mass is 347 g/mol. The third-order valence-corrected chi connectivity index (χ3v) is 5.28. The summed E-state index contributed by atoms with van der Waals surface area (Å²) >= 11 is 0. The first-order chi connectivity index (χ1) is 12.8. The van der Waals surface area contributed by atoms with Crippen LogP contribution in [0.5, 0.6) is 0 Å². The zero-order valence-electron chi connectivity index (χ0n) is 15.2. The normalized spacial score (nSPS) is 16.7. The van der Waals surface area contributed by atoms with E-state index in [0.29, 0.717) is 12.6 Å². The molecule has 3 aromatic rings. The maximum atomic E-state index is 5.85. The van der Waals surface area contributed by atoms with Crippen molar-refractivity contribution in [2.45, 2.75) is 38.4 Å². The quantitative estimate of drug-likeness (QED) is 0.770. The molecular formula is C21H25N5. The van der Waals surface area contributed by atoms with Crippen molar-refractivity contribution in [3.8, 4) is 5.69 Å². The van der Waals surface area contributed by atoms with Crippen LogP contribution >= 0.6 is 0 Å².